The summed E-state index contributed by atoms with van der Waals surface area (Å²) in [6.07, 6.45) is 2.09. The molecule has 2 fully saturated rings. The van der Waals surface area contributed by atoms with E-state index in [1.807, 2.05) is 13.2 Å². The van der Waals surface area contributed by atoms with E-state index in [4.69, 9.17) is 4.74 Å². The molecule has 1 saturated heterocycles. The summed E-state index contributed by atoms with van der Waals surface area (Å²) in [7, 11) is 1.82. The second kappa shape index (κ2) is 7.78. The molecule has 0 amide bonds. The zero-order valence-electron chi connectivity index (χ0n) is 16.1. The molecular formula is C22H27FN2O3. The second-order valence-corrected chi connectivity index (χ2v) is 8.26. The minimum atomic E-state index is -0.944. The molecule has 1 saturated carbocycles. The monoisotopic (exact) mass is 386 g/mol. The second-order valence-electron chi connectivity index (χ2n) is 8.26. The molecule has 2 N–H and O–H groups in total. The summed E-state index contributed by atoms with van der Waals surface area (Å²) < 4.78 is 19.5. The lowest BCUT2D eigenvalue weighted by Gasteiger charge is -2.30. The molecule has 4 atom stereocenters. The number of hydrogen-bond donors (Lipinski definition) is 2. The zero-order valence-corrected chi connectivity index (χ0v) is 16.1. The van der Waals surface area contributed by atoms with Crippen molar-refractivity contribution >= 4 is 0 Å². The lowest BCUT2D eigenvalue weighted by Crippen LogP contribution is -2.35. The van der Waals surface area contributed by atoms with Crippen LogP contribution in [0.5, 0.6) is 5.75 Å². The minimum absolute atomic E-state index is 0.108. The average molecular weight is 386 g/mol. The number of aliphatic hydroxyl groups is 1. The highest BCUT2D eigenvalue weighted by Crippen LogP contribution is 2.47. The first-order valence-corrected chi connectivity index (χ1v) is 9.83. The van der Waals surface area contributed by atoms with Gasteiger partial charge in [0.05, 0.1) is 11.3 Å². The van der Waals surface area contributed by atoms with Crippen molar-refractivity contribution in [3.05, 3.63) is 59.7 Å². The van der Waals surface area contributed by atoms with Gasteiger partial charge in [-0.05, 0) is 42.4 Å². The highest BCUT2D eigenvalue weighted by molar-refractivity contribution is 5.21. The predicted molar refractivity (Wildman–Crippen MR) is 103 cm³/mol. The van der Waals surface area contributed by atoms with Crippen molar-refractivity contribution in [1.82, 2.24) is 9.88 Å². The van der Waals surface area contributed by atoms with Crippen LogP contribution in [-0.4, -0.2) is 52.4 Å². The van der Waals surface area contributed by atoms with Crippen molar-refractivity contribution in [3.63, 3.8) is 0 Å². The van der Waals surface area contributed by atoms with Crippen molar-refractivity contribution in [2.45, 2.75) is 31.0 Å². The molecule has 28 heavy (non-hydrogen) atoms. The number of hydrogen-bond acceptors (Lipinski definition) is 5. The minimum Gasteiger partial charge on any atom is -0.504 e. The fourth-order valence-electron chi connectivity index (χ4n) is 5.00. The number of pyridine rings is 1. The van der Waals surface area contributed by atoms with Gasteiger partial charge in [0.2, 0.25) is 0 Å². The molecule has 1 unspecified atom stereocenters. The van der Waals surface area contributed by atoms with Gasteiger partial charge in [-0.15, -0.1) is 0 Å². The molecule has 1 aromatic carbocycles. The summed E-state index contributed by atoms with van der Waals surface area (Å²) in [6, 6.07) is 13.2. The molecular weight excluding hydrogens is 359 g/mol. The van der Waals surface area contributed by atoms with Crippen molar-refractivity contribution in [2.24, 2.45) is 11.8 Å². The van der Waals surface area contributed by atoms with Gasteiger partial charge in [0, 0.05) is 33.2 Å². The molecule has 150 valence electrons. The first kappa shape index (κ1) is 19.3. The quantitative estimate of drug-likeness (QED) is 0.748. The van der Waals surface area contributed by atoms with Gasteiger partial charge in [0.25, 0.3) is 5.95 Å². The molecule has 2 aromatic rings. The van der Waals surface area contributed by atoms with Crippen LogP contribution in [0.4, 0.5) is 4.39 Å². The summed E-state index contributed by atoms with van der Waals surface area (Å²) in [6.45, 7) is 2.23. The van der Waals surface area contributed by atoms with E-state index in [9.17, 15) is 14.6 Å². The normalized spacial score (nSPS) is 28.4. The van der Waals surface area contributed by atoms with Crippen LogP contribution in [-0.2, 0) is 11.2 Å². The van der Waals surface area contributed by atoms with Gasteiger partial charge in [-0.1, -0.05) is 30.3 Å². The number of halogens is 1. The number of likely N-dealkylation sites (tertiary alicyclic amines) is 1. The van der Waals surface area contributed by atoms with Crippen LogP contribution in [0.25, 0.3) is 0 Å². The number of benzene rings is 1. The third-order valence-corrected chi connectivity index (χ3v) is 6.35. The standard InChI is InChI=1S/C22H27FN2O3/c1-28-22(9-15-5-3-2-4-6-15)10-16-12-25(13-17(16)11-22)14-20(27)18-7-8-19(26)21(23)24-18/h2-8,16-17,20,26-27H,9-14H2,1H3/t16-,17+,20?,22-. The fraction of sp³-hybridized carbons (Fsp3) is 0.500. The van der Waals surface area contributed by atoms with E-state index in [0.717, 1.165) is 32.4 Å². The lowest BCUT2D eigenvalue weighted by atomic mass is 9.91. The van der Waals surface area contributed by atoms with E-state index >= 15 is 0 Å². The first-order chi connectivity index (χ1) is 13.5. The molecule has 2 heterocycles. The van der Waals surface area contributed by atoms with Crippen LogP contribution >= 0.6 is 0 Å². The zero-order chi connectivity index (χ0) is 19.7. The summed E-state index contributed by atoms with van der Waals surface area (Å²) >= 11 is 0. The molecule has 2 aliphatic rings. The van der Waals surface area contributed by atoms with E-state index in [-0.39, 0.29) is 11.3 Å². The Bertz CT molecular complexity index is 803. The summed E-state index contributed by atoms with van der Waals surface area (Å²) in [5.41, 5.74) is 1.45. The van der Waals surface area contributed by atoms with Crippen LogP contribution < -0.4 is 0 Å². The smallest absolute Gasteiger partial charge is 0.255 e. The number of fused-ring (bicyclic) bond motifs is 1. The topological polar surface area (TPSA) is 65.8 Å². The summed E-state index contributed by atoms with van der Waals surface area (Å²) in [4.78, 5) is 5.89. The average Bonchev–Trinajstić information content (AvgIpc) is 3.20. The molecule has 4 rings (SSSR count). The number of aliphatic hydroxyl groups excluding tert-OH is 1. The Kier molecular flexibility index (Phi) is 5.36. The molecule has 5 nitrogen and oxygen atoms in total. The van der Waals surface area contributed by atoms with Crippen molar-refractivity contribution in [3.8, 4) is 5.75 Å². The summed E-state index contributed by atoms with van der Waals surface area (Å²) in [5.74, 6) is -0.359. The lowest BCUT2D eigenvalue weighted by molar-refractivity contribution is -0.0141. The Hall–Kier alpha value is -2.02. The predicted octanol–water partition coefficient (Wildman–Crippen LogP) is 2.93. The number of nitrogens with zero attached hydrogens (tertiary/aromatic N) is 2. The van der Waals surface area contributed by atoms with Gasteiger partial charge in [0.1, 0.15) is 6.10 Å². The Balaban J connectivity index is 1.36. The maximum absolute atomic E-state index is 13.4. The van der Waals surface area contributed by atoms with Crippen LogP contribution in [0.15, 0.2) is 42.5 Å². The first-order valence-electron chi connectivity index (χ1n) is 9.83. The van der Waals surface area contributed by atoms with Gasteiger partial charge < -0.3 is 14.9 Å². The van der Waals surface area contributed by atoms with Crippen molar-refractivity contribution in [1.29, 1.82) is 0 Å². The number of ether oxygens (including phenoxy) is 1. The van der Waals surface area contributed by atoms with Gasteiger partial charge in [-0.2, -0.15) is 4.39 Å². The van der Waals surface area contributed by atoms with E-state index < -0.39 is 17.8 Å². The largest absolute Gasteiger partial charge is 0.504 e. The molecule has 0 radical (unpaired) electrons. The van der Waals surface area contributed by atoms with Crippen LogP contribution in [0.2, 0.25) is 0 Å². The Morgan fingerprint density at radius 3 is 2.46 bits per heavy atom. The highest BCUT2D eigenvalue weighted by Gasteiger charge is 2.49. The van der Waals surface area contributed by atoms with Gasteiger partial charge >= 0.3 is 0 Å². The number of β-amino-alcohol motifs (C(OH)–C–C–N with tert-alkyl or cyclic N) is 1. The number of methoxy groups -OCH3 is 1. The van der Waals surface area contributed by atoms with Gasteiger partial charge in [0.15, 0.2) is 5.75 Å². The Morgan fingerprint density at radius 1 is 1.18 bits per heavy atom. The summed E-state index contributed by atoms with van der Waals surface area (Å²) in [5, 5.41) is 19.7. The fourth-order valence-corrected chi connectivity index (χ4v) is 5.00. The van der Waals surface area contributed by atoms with E-state index in [1.54, 1.807) is 0 Å². The molecule has 6 heteroatoms. The molecule has 0 bridgehead atoms. The molecule has 1 aliphatic heterocycles. The number of aromatic nitrogens is 1. The maximum Gasteiger partial charge on any atom is 0.255 e. The molecule has 1 aromatic heterocycles. The Labute approximate surface area is 164 Å². The van der Waals surface area contributed by atoms with E-state index in [2.05, 4.69) is 34.1 Å². The highest BCUT2D eigenvalue weighted by atomic mass is 19.1. The maximum atomic E-state index is 13.4. The van der Waals surface area contributed by atoms with E-state index in [0.29, 0.717) is 18.4 Å². The molecule has 0 spiro atoms. The SMILES string of the molecule is CO[C@@]1(Cc2ccccc2)C[C@H]2CN(CC(O)c3ccc(O)c(F)n3)C[C@H]2C1. The van der Waals surface area contributed by atoms with Crippen molar-refractivity contribution in [2.75, 3.05) is 26.7 Å². The van der Waals surface area contributed by atoms with Crippen LogP contribution in [0.3, 0.4) is 0 Å². The van der Waals surface area contributed by atoms with Gasteiger partial charge in [-0.25, -0.2) is 4.98 Å². The van der Waals surface area contributed by atoms with Gasteiger partial charge in [-0.3, -0.25) is 4.90 Å². The van der Waals surface area contributed by atoms with Crippen LogP contribution in [0.1, 0.15) is 30.2 Å². The van der Waals surface area contributed by atoms with Crippen molar-refractivity contribution < 1.29 is 19.3 Å². The number of rotatable bonds is 6. The van der Waals surface area contributed by atoms with E-state index in [1.165, 1.54) is 17.7 Å². The molecule has 1 aliphatic carbocycles. The van der Waals surface area contributed by atoms with Crippen LogP contribution in [0, 0.1) is 17.8 Å². The third kappa shape index (κ3) is 3.90. The Morgan fingerprint density at radius 2 is 1.86 bits per heavy atom. The third-order valence-electron chi connectivity index (χ3n) is 6.35. The number of aromatic hydroxyl groups is 1.